The standard InChI is InChI=1S/C28H38O4/c1-27(2,31-21-11-17-25(29)23-13-7-5-8-14-23)19-20-28(3,4)32-22-12-18-26(30)24-15-9-6-10-16-24/h5-10,13-16H,11-12,17-22H2,1-4H3. The van der Waals surface area contributed by atoms with Crippen molar-refractivity contribution in [2.75, 3.05) is 13.2 Å². The number of hydrogen-bond acceptors (Lipinski definition) is 4. The molecule has 0 fully saturated rings. The van der Waals surface area contributed by atoms with Crippen LogP contribution in [0.1, 0.15) is 86.9 Å². The lowest BCUT2D eigenvalue weighted by molar-refractivity contribution is -0.0645. The normalized spacial score (nSPS) is 12.0. The minimum Gasteiger partial charge on any atom is -0.376 e. The lowest BCUT2D eigenvalue weighted by Gasteiger charge is -2.31. The second-order valence-corrected chi connectivity index (χ2v) is 9.50. The van der Waals surface area contributed by atoms with Gasteiger partial charge < -0.3 is 9.47 Å². The molecular weight excluding hydrogens is 400 g/mol. The maximum Gasteiger partial charge on any atom is 0.162 e. The van der Waals surface area contributed by atoms with E-state index in [-0.39, 0.29) is 22.8 Å². The van der Waals surface area contributed by atoms with E-state index in [1.807, 2.05) is 60.7 Å². The van der Waals surface area contributed by atoms with E-state index in [0.29, 0.717) is 38.9 Å². The van der Waals surface area contributed by atoms with Crippen LogP contribution in [0.2, 0.25) is 0 Å². The van der Waals surface area contributed by atoms with Crippen molar-refractivity contribution in [1.29, 1.82) is 0 Å². The summed E-state index contributed by atoms with van der Waals surface area (Å²) in [4.78, 5) is 24.4. The van der Waals surface area contributed by atoms with E-state index in [1.54, 1.807) is 0 Å². The van der Waals surface area contributed by atoms with Crippen molar-refractivity contribution in [3.63, 3.8) is 0 Å². The van der Waals surface area contributed by atoms with Gasteiger partial charge in [0.2, 0.25) is 0 Å². The number of carbonyl (C=O) groups is 2. The number of carbonyl (C=O) groups excluding carboxylic acids is 2. The third kappa shape index (κ3) is 9.88. The molecule has 0 heterocycles. The number of ether oxygens (including phenoxy) is 2. The van der Waals surface area contributed by atoms with E-state index in [2.05, 4.69) is 27.7 Å². The monoisotopic (exact) mass is 438 g/mol. The molecule has 0 radical (unpaired) electrons. The molecule has 174 valence electrons. The highest BCUT2D eigenvalue weighted by molar-refractivity contribution is 5.96. The number of Topliss-reactive ketones (excluding diaryl/α,β-unsaturated/α-hetero) is 2. The summed E-state index contributed by atoms with van der Waals surface area (Å²) >= 11 is 0. The minimum atomic E-state index is -0.278. The summed E-state index contributed by atoms with van der Waals surface area (Å²) < 4.78 is 12.1. The molecule has 4 nitrogen and oxygen atoms in total. The Labute approximate surface area is 193 Å². The largest absolute Gasteiger partial charge is 0.376 e. The average molecular weight is 439 g/mol. The molecule has 0 N–H and O–H groups in total. The first kappa shape index (κ1) is 26.0. The quantitative estimate of drug-likeness (QED) is 0.230. The second-order valence-electron chi connectivity index (χ2n) is 9.50. The lowest BCUT2D eigenvalue weighted by atomic mass is 9.93. The molecule has 2 rings (SSSR count). The van der Waals surface area contributed by atoms with Gasteiger partial charge in [-0.25, -0.2) is 0 Å². The van der Waals surface area contributed by atoms with E-state index in [0.717, 1.165) is 24.0 Å². The summed E-state index contributed by atoms with van der Waals surface area (Å²) in [5, 5.41) is 0. The van der Waals surface area contributed by atoms with Crippen LogP contribution in [0.15, 0.2) is 60.7 Å². The predicted molar refractivity (Wildman–Crippen MR) is 129 cm³/mol. The Kier molecular flexibility index (Phi) is 10.3. The number of rotatable bonds is 15. The van der Waals surface area contributed by atoms with Crippen LogP contribution in [0.3, 0.4) is 0 Å². The van der Waals surface area contributed by atoms with Crippen molar-refractivity contribution < 1.29 is 19.1 Å². The smallest absolute Gasteiger partial charge is 0.162 e. The van der Waals surface area contributed by atoms with Gasteiger partial charge in [-0.15, -0.1) is 0 Å². The first-order chi connectivity index (χ1) is 15.2. The van der Waals surface area contributed by atoms with E-state index in [1.165, 1.54) is 0 Å². The van der Waals surface area contributed by atoms with Crippen molar-refractivity contribution in [2.24, 2.45) is 0 Å². The first-order valence-corrected chi connectivity index (χ1v) is 11.6. The highest BCUT2D eigenvalue weighted by atomic mass is 16.5. The highest BCUT2D eigenvalue weighted by Crippen LogP contribution is 2.25. The van der Waals surface area contributed by atoms with Crippen LogP contribution in [0.4, 0.5) is 0 Å². The summed E-state index contributed by atoms with van der Waals surface area (Å²) in [6, 6.07) is 18.8. The number of benzene rings is 2. The average Bonchev–Trinajstić information content (AvgIpc) is 2.79. The summed E-state index contributed by atoms with van der Waals surface area (Å²) in [6.45, 7) is 9.46. The van der Waals surface area contributed by atoms with Crippen LogP contribution in [0, 0.1) is 0 Å². The van der Waals surface area contributed by atoms with Crippen LogP contribution >= 0.6 is 0 Å². The van der Waals surface area contributed by atoms with Crippen molar-refractivity contribution >= 4 is 11.6 Å². The molecule has 0 amide bonds. The van der Waals surface area contributed by atoms with Gasteiger partial charge in [-0.1, -0.05) is 60.7 Å². The maximum atomic E-state index is 12.2. The van der Waals surface area contributed by atoms with Crippen LogP contribution < -0.4 is 0 Å². The van der Waals surface area contributed by atoms with E-state index >= 15 is 0 Å². The molecule has 0 saturated carbocycles. The van der Waals surface area contributed by atoms with Gasteiger partial charge in [-0.05, 0) is 53.4 Å². The third-order valence-electron chi connectivity index (χ3n) is 5.60. The summed E-state index contributed by atoms with van der Waals surface area (Å²) in [6.07, 6.45) is 4.14. The Morgan fingerprint density at radius 1 is 0.625 bits per heavy atom. The van der Waals surface area contributed by atoms with Gasteiger partial charge in [0, 0.05) is 37.2 Å². The molecule has 2 aromatic carbocycles. The highest BCUT2D eigenvalue weighted by Gasteiger charge is 2.25. The topological polar surface area (TPSA) is 52.6 Å². The SMILES string of the molecule is CC(C)(CCC(C)(C)OCCCC(=O)c1ccccc1)OCCCC(=O)c1ccccc1. The zero-order valence-corrected chi connectivity index (χ0v) is 20.1. The Bertz CT molecular complexity index is 754. The Hall–Kier alpha value is -2.30. The van der Waals surface area contributed by atoms with E-state index < -0.39 is 0 Å². The van der Waals surface area contributed by atoms with Crippen LogP contribution in [0.25, 0.3) is 0 Å². The van der Waals surface area contributed by atoms with Crippen LogP contribution in [-0.2, 0) is 9.47 Å². The Balaban J connectivity index is 1.61. The molecule has 2 aromatic rings. The molecule has 0 saturated heterocycles. The Morgan fingerprint density at radius 3 is 1.31 bits per heavy atom. The number of hydrogen-bond donors (Lipinski definition) is 0. The van der Waals surface area contributed by atoms with Gasteiger partial charge in [0.05, 0.1) is 11.2 Å². The van der Waals surface area contributed by atoms with Crippen molar-refractivity contribution in [1.82, 2.24) is 0 Å². The van der Waals surface area contributed by atoms with E-state index in [4.69, 9.17) is 9.47 Å². The van der Waals surface area contributed by atoms with Crippen molar-refractivity contribution in [2.45, 2.75) is 77.4 Å². The summed E-state index contributed by atoms with van der Waals surface area (Å²) in [5.74, 6) is 0.319. The van der Waals surface area contributed by atoms with Gasteiger partial charge in [-0.2, -0.15) is 0 Å². The summed E-state index contributed by atoms with van der Waals surface area (Å²) in [7, 11) is 0. The molecule has 0 unspecified atom stereocenters. The molecule has 0 aliphatic rings. The molecule has 0 aliphatic heterocycles. The van der Waals surface area contributed by atoms with Crippen molar-refractivity contribution in [3.05, 3.63) is 71.8 Å². The molecule has 32 heavy (non-hydrogen) atoms. The fourth-order valence-electron chi connectivity index (χ4n) is 3.45. The van der Waals surface area contributed by atoms with Crippen LogP contribution in [0.5, 0.6) is 0 Å². The third-order valence-corrected chi connectivity index (χ3v) is 5.60. The predicted octanol–water partition coefficient (Wildman–Crippen LogP) is 6.68. The fraction of sp³-hybridized carbons (Fsp3) is 0.500. The molecule has 0 atom stereocenters. The first-order valence-electron chi connectivity index (χ1n) is 11.6. The van der Waals surface area contributed by atoms with Gasteiger partial charge >= 0.3 is 0 Å². The summed E-state index contributed by atoms with van der Waals surface area (Å²) in [5.41, 5.74) is 0.964. The molecule has 0 bridgehead atoms. The van der Waals surface area contributed by atoms with Gasteiger partial charge in [0.1, 0.15) is 0 Å². The zero-order chi connectivity index (χ0) is 23.5. The Morgan fingerprint density at radius 2 is 0.969 bits per heavy atom. The molecule has 0 aromatic heterocycles. The lowest BCUT2D eigenvalue weighted by Crippen LogP contribution is -2.32. The van der Waals surface area contributed by atoms with Gasteiger partial charge in [0.15, 0.2) is 11.6 Å². The fourth-order valence-corrected chi connectivity index (χ4v) is 3.45. The van der Waals surface area contributed by atoms with Crippen LogP contribution in [-0.4, -0.2) is 36.0 Å². The number of ketones is 2. The zero-order valence-electron chi connectivity index (χ0n) is 20.1. The molecule has 0 spiro atoms. The maximum absolute atomic E-state index is 12.2. The minimum absolute atomic E-state index is 0.160. The second kappa shape index (κ2) is 12.7. The van der Waals surface area contributed by atoms with Crippen molar-refractivity contribution in [3.8, 4) is 0 Å². The molecule has 4 heteroatoms. The molecule has 0 aliphatic carbocycles. The molecular formula is C28H38O4. The van der Waals surface area contributed by atoms with Gasteiger partial charge in [0.25, 0.3) is 0 Å². The van der Waals surface area contributed by atoms with E-state index in [9.17, 15) is 9.59 Å². The van der Waals surface area contributed by atoms with Gasteiger partial charge in [-0.3, -0.25) is 9.59 Å².